The van der Waals surface area contributed by atoms with Gasteiger partial charge in [0.15, 0.2) is 0 Å². The normalized spacial score (nSPS) is 12.9. The first-order valence-corrected chi connectivity index (χ1v) is 5.62. The van der Waals surface area contributed by atoms with E-state index < -0.39 is 5.97 Å². The third kappa shape index (κ3) is 4.88. The summed E-state index contributed by atoms with van der Waals surface area (Å²) in [5.74, 6) is -0.313. The van der Waals surface area contributed by atoms with Crippen molar-refractivity contribution in [3.8, 4) is 5.75 Å². The Kier molecular flexibility index (Phi) is 5.73. The molecule has 0 saturated heterocycles. The predicted octanol–water partition coefficient (Wildman–Crippen LogP) is 1.96. The first kappa shape index (κ1) is 14.1. The van der Waals surface area contributed by atoms with E-state index >= 15 is 0 Å². The number of ether oxygens (including phenoxy) is 1. The zero-order chi connectivity index (χ0) is 13.4. The molecule has 1 aromatic carbocycles. The average molecular weight is 251 g/mol. The molecule has 1 unspecified atom stereocenters. The number of nitrogens with one attached hydrogen (secondary N) is 1. The Morgan fingerprint density at radius 2 is 2.11 bits per heavy atom. The van der Waals surface area contributed by atoms with E-state index in [2.05, 4.69) is 5.48 Å². The Morgan fingerprint density at radius 3 is 2.67 bits per heavy atom. The highest BCUT2D eigenvalue weighted by Crippen LogP contribution is 2.10. The standard InChI is InChI=1S/C13H17NO4/c1-3-12(13(15)16)14-17-9-10(2)18-11-7-5-4-6-8-11/h3-8,10,14H,9H2,1-2H3,(H,15,16). The van der Waals surface area contributed by atoms with Gasteiger partial charge in [-0.25, -0.2) is 4.79 Å². The van der Waals surface area contributed by atoms with Crippen LogP contribution in [-0.2, 0) is 9.63 Å². The smallest absolute Gasteiger partial charge is 0.353 e. The fourth-order valence-corrected chi connectivity index (χ4v) is 1.23. The number of hydrogen-bond donors (Lipinski definition) is 2. The molecule has 1 aromatic rings. The Labute approximate surface area is 106 Å². The fraction of sp³-hybridized carbons (Fsp3) is 0.308. The van der Waals surface area contributed by atoms with E-state index in [1.54, 1.807) is 6.92 Å². The minimum Gasteiger partial charge on any atom is -0.488 e. The molecule has 98 valence electrons. The third-order valence-corrected chi connectivity index (χ3v) is 2.10. The molecule has 0 bridgehead atoms. The molecule has 0 spiro atoms. The highest BCUT2D eigenvalue weighted by molar-refractivity contribution is 5.85. The van der Waals surface area contributed by atoms with Crippen LogP contribution in [0, 0.1) is 0 Å². The highest BCUT2D eigenvalue weighted by atomic mass is 16.7. The first-order chi connectivity index (χ1) is 8.63. The summed E-state index contributed by atoms with van der Waals surface area (Å²) in [4.78, 5) is 15.7. The minimum atomic E-state index is -1.06. The van der Waals surface area contributed by atoms with Gasteiger partial charge in [0, 0.05) is 0 Å². The molecule has 0 radical (unpaired) electrons. The number of allylic oxidation sites excluding steroid dienone is 1. The molecule has 0 aliphatic heterocycles. The van der Waals surface area contributed by atoms with Crippen molar-refractivity contribution >= 4 is 5.97 Å². The molecule has 0 aliphatic rings. The zero-order valence-electron chi connectivity index (χ0n) is 10.4. The molecule has 0 saturated carbocycles. The lowest BCUT2D eigenvalue weighted by Gasteiger charge is -2.15. The number of hydrogen-bond acceptors (Lipinski definition) is 4. The van der Waals surface area contributed by atoms with Crippen LogP contribution in [0.2, 0.25) is 0 Å². The van der Waals surface area contributed by atoms with Crippen molar-refractivity contribution in [2.75, 3.05) is 6.61 Å². The predicted molar refractivity (Wildman–Crippen MR) is 67.0 cm³/mol. The van der Waals surface area contributed by atoms with Crippen molar-refractivity contribution in [2.45, 2.75) is 20.0 Å². The molecule has 2 N–H and O–H groups in total. The summed E-state index contributed by atoms with van der Waals surface area (Å²) in [7, 11) is 0. The Bertz CT molecular complexity index is 403. The summed E-state index contributed by atoms with van der Waals surface area (Å²) in [6.07, 6.45) is 1.23. The number of hydroxylamine groups is 1. The van der Waals surface area contributed by atoms with Gasteiger partial charge in [-0.3, -0.25) is 10.3 Å². The van der Waals surface area contributed by atoms with Crippen LogP contribution in [-0.4, -0.2) is 23.8 Å². The lowest BCUT2D eigenvalue weighted by molar-refractivity contribution is -0.135. The van der Waals surface area contributed by atoms with Gasteiger partial charge in [0.1, 0.15) is 24.2 Å². The zero-order valence-corrected chi connectivity index (χ0v) is 10.4. The molecule has 1 rings (SSSR count). The monoisotopic (exact) mass is 251 g/mol. The molecule has 5 heteroatoms. The summed E-state index contributed by atoms with van der Waals surface area (Å²) in [5.41, 5.74) is 2.37. The molecular weight excluding hydrogens is 234 g/mol. The second-order valence-electron chi connectivity index (χ2n) is 3.66. The van der Waals surface area contributed by atoms with Crippen molar-refractivity contribution in [3.05, 3.63) is 42.1 Å². The van der Waals surface area contributed by atoms with Gasteiger partial charge in [-0.05, 0) is 26.0 Å². The topological polar surface area (TPSA) is 67.8 Å². The highest BCUT2D eigenvalue weighted by Gasteiger charge is 2.08. The van der Waals surface area contributed by atoms with E-state index in [-0.39, 0.29) is 18.4 Å². The maximum atomic E-state index is 10.7. The van der Waals surface area contributed by atoms with Crippen molar-refractivity contribution in [3.63, 3.8) is 0 Å². The van der Waals surface area contributed by atoms with Gasteiger partial charge in [-0.1, -0.05) is 24.3 Å². The van der Waals surface area contributed by atoms with Gasteiger partial charge < -0.3 is 9.84 Å². The van der Waals surface area contributed by atoms with Crippen molar-refractivity contribution in [2.24, 2.45) is 0 Å². The second kappa shape index (κ2) is 7.34. The van der Waals surface area contributed by atoms with Gasteiger partial charge in [0.25, 0.3) is 0 Å². The van der Waals surface area contributed by atoms with Gasteiger partial charge in [0.2, 0.25) is 0 Å². The maximum Gasteiger partial charge on any atom is 0.353 e. The summed E-state index contributed by atoms with van der Waals surface area (Å²) in [6, 6.07) is 9.35. The Balaban J connectivity index is 2.30. The van der Waals surface area contributed by atoms with Crippen molar-refractivity contribution in [1.82, 2.24) is 5.48 Å². The number of rotatable bonds is 7. The quantitative estimate of drug-likeness (QED) is 0.572. The molecule has 0 aromatic heterocycles. The van der Waals surface area contributed by atoms with Crippen LogP contribution in [0.4, 0.5) is 0 Å². The fourth-order valence-electron chi connectivity index (χ4n) is 1.23. The van der Waals surface area contributed by atoms with Crippen LogP contribution in [0.1, 0.15) is 13.8 Å². The van der Waals surface area contributed by atoms with Crippen molar-refractivity contribution in [1.29, 1.82) is 0 Å². The van der Waals surface area contributed by atoms with Crippen LogP contribution in [0.15, 0.2) is 42.1 Å². The average Bonchev–Trinajstić information content (AvgIpc) is 2.35. The number of para-hydroxylation sites is 1. The molecular formula is C13H17NO4. The lowest BCUT2D eigenvalue weighted by Crippen LogP contribution is -2.27. The van der Waals surface area contributed by atoms with Crippen LogP contribution in [0.25, 0.3) is 0 Å². The number of benzene rings is 1. The summed E-state index contributed by atoms with van der Waals surface area (Å²) in [6.45, 7) is 3.69. The summed E-state index contributed by atoms with van der Waals surface area (Å²) < 4.78 is 5.56. The first-order valence-electron chi connectivity index (χ1n) is 5.62. The number of carbonyl (C=O) groups is 1. The van der Waals surface area contributed by atoms with Crippen LogP contribution in [0.3, 0.4) is 0 Å². The van der Waals surface area contributed by atoms with Gasteiger partial charge in [0.05, 0.1) is 0 Å². The largest absolute Gasteiger partial charge is 0.488 e. The number of carboxylic acids is 1. The van der Waals surface area contributed by atoms with E-state index in [0.29, 0.717) is 0 Å². The molecule has 0 amide bonds. The molecule has 18 heavy (non-hydrogen) atoms. The van der Waals surface area contributed by atoms with Crippen LogP contribution >= 0.6 is 0 Å². The SMILES string of the molecule is CC=C(NOCC(C)Oc1ccccc1)C(=O)O. The van der Waals surface area contributed by atoms with Gasteiger partial charge in [-0.15, -0.1) is 0 Å². The maximum absolute atomic E-state index is 10.7. The van der Waals surface area contributed by atoms with E-state index in [1.807, 2.05) is 37.3 Å². The van der Waals surface area contributed by atoms with Crippen molar-refractivity contribution < 1.29 is 19.5 Å². The summed E-state index contributed by atoms with van der Waals surface area (Å²) >= 11 is 0. The number of carboxylic acid groups (broad SMARTS) is 1. The molecule has 5 nitrogen and oxygen atoms in total. The minimum absolute atomic E-state index is 0.00177. The molecule has 0 aliphatic carbocycles. The molecule has 0 heterocycles. The molecule has 0 fully saturated rings. The molecule has 1 atom stereocenters. The Morgan fingerprint density at radius 1 is 1.44 bits per heavy atom. The second-order valence-corrected chi connectivity index (χ2v) is 3.66. The van der Waals surface area contributed by atoms with Crippen LogP contribution in [0.5, 0.6) is 5.75 Å². The number of aliphatic carboxylic acids is 1. The van der Waals surface area contributed by atoms with E-state index in [1.165, 1.54) is 6.08 Å². The van der Waals surface area contributed by atoms with Crippen LogP contribution < -0.4 is 10.2 Å². The van der Waals surface area contributed by atoms with Gasteiger partial charge >= 0.3 is 5.97 Å². The van der Waals surface area contributed by atoms with E-state index in [4.69, 9.17) is 14.7 Å². The summed E-state index contributed by atoms with van der Waals surface area (Å²) in [5, 5.41) is 8.73. The van der Waals surface area contributed by atoms with E-state index in [9.17, 15) is 4.79 Å². The lowest BCUT2D eigenvalue weighted by atomic mass is 10.3. The van der Waals surface area contributed by atoms with Gasteiger partial charge in [-0.2, -0.15) is 0 Å². The third-order valence-electron chi connectivity index (χ3n) is 2.10. The Hall–Kier alpha value is -2.01. The van der Waals surface area contributed by atoms with E-state index in [0.717, 1.165) is 5.75 Å².